The Hall–Kier alpha value is -0.120. The molecule has 0 saturated heterocycles. The minimum atomic E-state index is -3.66. The van der Waals surface area contributed by atoms with Gasteiger partial charge in [-0.3, -0.25) is 4.18 Å². The van der Waals surface area contributed by atoms with Crippen LogP contribution < -0.4 is 0 Å². The third kappa shape index (κ3) is 4.94. The SMILES string of the molecule is C=CCOS(=O)(=O)CP(=O)(CC)CC. The van der Waals surface area contributed by atoms with E-state index < -0.39 is 17.3 Å². The van der Waals surface area contributed by atoms with Crippen LogP contribution in [0.5, 0.6) is 0 Å². The fraction of sp³-hybridized carbons (Fsp3) is 0.750. The van der Waals surface area contributed by atoms with Gasteiger partial charge in [-0.15, -0.1) is 6.58 Å². The number of hydrogen-bond donors (Lipinski definition) is 0. The normalized spacial score (nSPS) is 12.7. The molecule has 0 saturated carbocycles. The van der Waals surface area contributed by atoms with Crippen LogP contribution in [0.15, 0.2) is 12.7 Å². The summed E-state index contributed by atoms with van der Waals surface area (Å²) in [6, 6.07) is 0. The van der Waals surface area contributed by atoms with E-state index in [0.29, 0.717) is 12.3 Å². The van der Waals surface area contributed by atoms with E-state index >= 15 is 0 Å². The first-order valence-electron chi connectivity index (χ1n) is 4.44. The van der Waals surface area contributed by atoms with Crippen molar-refractivity contribution >= 4 is 17.3 Å². The van der Waals surface area contributed by atoms with E-state index in [0.717, 1.165) is 0 Å². The minimum absolute atomic E-state index is 0.0598. The lowest BCUT2D eigenvalue weighted by molar-refractivity contribution is 0.360. The summed E-state index contributed by atoms with van der Waals surface area (Å²) in [6.07, 6.45) is 2.13. The molecule has 0 heterocycles. The molecular formula is C8H17O4PS. The van der Waals surface area contributed by atoms with Crippen molar-refractivity contribution < 1.29 is 17.2 Å². The van der Waals surface area contributed by atoms with E-state index in [9.17, 15) is 13.0 Å². The highest BCUT2D eigenvalue weighted by atomic mass is 32.2. The zero-order valence-electron chi connectivity index (χ0n) is 8.60. The van der Waals surface area contributed by atoms with Crippen LogP contribution in [0.3, 0.4) is 0 Å². The minimum Gasteiger partial charge on any atom is -0.322 e. The predicted molar refractivity (Wildman–Crippen MR) is 58.6 cm³/mol. The molecule has 0 N–H and O–H groups in total. The summed E-state index contributed by atoms with van der Waals surface area (Å²) in [5, 5.41) is 0. The fourth-order valence-electron chi connectivity index (χ4n) is 0.883. The van der Waals surface area contributed by atoms with E-state index in [1.165, 1.54) is 6.08 Å². The highest BCUT2D eigenvalue weighted by Crippen LogP contribution is 2.45. The summed E-state index contributed by atoms with van der Waals surface area (Å²) in [5.74, 6) is 0. The average Bonchev–Trinajstić information content (AvgIpc) is 2.14. The van der Waals surface area contributed by atoms with Crippen molar-refractivity contribution in [3.8, 4) is 0 Å². The van der Waals surface area contributed by atoms with E-state index in [4.69, 9.17) is 0 Å². The van der Waals surface area contributed by atoms with E-state index in [-0.39, 0.29) is 12.1 Å². The summed E-state index contributed by atoms with van der Waals surface area (Å²) in [7, 11) is -6.25. The molecule has 0 aromatic rings. The monoisotopic (exact) mass is 240 g/mol. The Balaban J connectivity index is 4.49. The Bertz CT molecular complexity index is 312. The molecule has 0 rings (SSSR count). The Kier molecular flexibility index (Phi) is 5.64. The molecule has 0 atom stereocenters. The summed E-state index contributed by atoms with van der Waals surface area (Å²) >= 11 is 0. The quantitative estimate of drug-likeness (QED) is 0.387. The van der Waals surface area contributed by atoms with Crippen LogP contribution in [0.25, 0.3) is 0 Å². The molecule has 0 amide bonds. The van der Waals surface area contributed by atoms with Gasteiger partial charge in [-0.1, -0.05) is 19.9 Å². The van der Waals surface area contributed by atoms with Crippen molar-refractivity contribution in [1.82, 2.24) is 0 Å². The van der Waals surface area contributed by atoms with Gasteiger partial charge in [0.2, 0.25) is 0 Å². The molecule has 0 aromatic heterocycles. The molecule has 6 heteroatoms. The van der Waals surface area contributed by atoms with Gasteiger partial charge in [0, 0.05) is 0 Å². The topological polar surface area (TPSA) is 60.4 Å². The average molecular weight is 240 g/mol. The third-order valence-corrected chi connectivity index (χ3v) is 7.86. The maximum Gasteiger partial charge on any atom is 0.274 e. The summed E-state index contributed by atoms with van der Waals surface area (Å²) < 4.78 is 39.0. The van der Waals surface area contributed by atoms with Crippen molar-refractivity contribution in [1.29, 1.82) is 0 Å². The molecule has 0 spiro atoms. The molecule has 0 aliphatic heterocycles. The van der Waals surface area contributed by atoms with Crippen molar-refractivity contribution in [2.24, 2.45) is 0 Å². The maximum atomic E-state index is 11.8. The zero-order chi connectivity index (χ0) is 11.2. The van der Waals surface area contributed by atoms with Crippen molar-refractivity contribution in [2.75, 3.05) is 24.4 Å². The maximum absolute atomic E-state index is 11.8. The first-order valence-corrected chi connectivity index (χ1v) is 8.28. The lowest BCUT2D eigenvalue weighted by Gasteiger charge is -2.13. The second kappa shape index (κ2) is 5.69. The van der Waals surface area contributed by atoms with Crippen LogP contribution in [-0.2, 0) is 18.9 Å². The summed E-state index contributed by atoms with van der Waals surface area (Å²) in [4.78, 5) is 0. The smallest absolute Gasteiger partial charge is 0.274 e. The summed E-state index contributed by atoms with van der Waals surface area (Å²) in [5.41, 5.74) is -0.360. The Labute approximate surface area is 85.8 Å². The molecule has 0 aromatic carbocycles. The second-order valence-corrected chi connectivity index (χ2v) is 8.72. The molecular weight excluding hydrogens is 223 g/mol. The van der Waals surface area contributed by atoms with Gasteiger partial charge in [-0.2, -0.15) is 8.42 Å². The first kappa shape index (κ1) is 13.9. The highest BCUT2D eigenvalue weighted by Gasteiger charge is 2.26. The van der Waals surface area contributed by atoms with Gasteiger partial charge in [0.05, 0.1) is 6.61 Å². The van der Waals surface area contributed by atoms with Gasteiger partial charge >= 0.3 is 0 Å². The van der Waals surface area contributed by atoms with E-state index in [2.05, 4.69) is 10.8 Å². The predicted octanol–water partition coefficient (Wildman–Crippen LogP) is 1.88. The third-order valence-electron chi connectivity index (χ3n) is 1.91. The molecule has 14 heavy (non-hydrogen) atoms. The molecule has 84 valence electrons. The van der Waals surface area contributed by atoms with E-state index in [1.54, 1.807) is 13.8 Å². The lowest BCUT2D eigenvalue weighted by atomic mass is 10.7. The van der Waals surface area contributed by atoms with Crippen molar-refractivity contribution in [3.05, 3.63) is 12.7 Å². The van der Waals surface area contributed by atoms with Crippen LogP contribution in [-0.4, -0.2) is 32.8 Å². The lowest BCUT2D eigenvalue weighted by Crippen LogP contribution is -2.12. The Morgan fingerprint density at radius 1 is 1.36 bits per heavy atom. The Morgan fingerprint density at radius 3 is 2.21 bits per heavy atom. The summed E-state index contributed by atoms with van der Waals surface area (Å²) in [6.45, 7) is 6.74. The number of rotatable bonds is 7. The van der Waals surface area contributed by atoms with Gasteiger partial charge in [0.1, 0.15) is 12.6 Å². The molecule has 0 radical (unpaired) electrons. The second-order valence-electron chi connectivity index (χ2n) is 2.95. The first-order chi connectivity index (χ1) is 6.39. The van der Waals surface area contributed by atoms with Crippen LogP contribution >= 0.6 is 7.14 Å². The van der Waals surface area contributed by atoms with Gasteiger partial charge in [-0.05, 0) is 12.3 Å². The molecule has 0 aliphatic rings. The Morgan fingerprint density at radius 2 is 1.86 bits per heavy atom. The van der Waals surface area contributed by atoms with Gasteiger partial charge < -0.3 is 4.57 Å². The highest BCUT2D eigenvalue weighted by molar-refractivity contribution is 7.95. The largest absolute Gasteiger partial charge is 0.322 e. The fourth-order valence-corrected chi connectivity index (χ4v) is 5.70. The van der Waals surface area contributed by atoms with Gasteiger partial charge in [0.15, 0.2) is 0 Å². The molecule has 0 bridgehead atoms. The van der Waals surface area contributed by atoms with E-state index in [1.807, 2.05) is 0 Å². The molecule has 0 aliphatic carbocycles. The van der Waals surface area contributed by atoms with Crippen LogP contribution in [0.2, 0.25) is 0 Å². The van der Waals surface area contributed by atoms with Gasteiger partial charge in [0.25, 0.3) is 10.1 Å². The van der Waals surface area contributed by atoms with Crippen LogP contribution in [0.4, 0.5) is 0 Å². The molecule has 0 unspecified atom stereocenters. The van der Waals surface area contributed by atoms with Gasteiger partial charge in [-0.25, -0.2) is 0 Å². The zero-order valence-corrected chi connectivity index (χ0v) is 10.3. The van der Waals surface area contributed by atoms with Crippen molar-refractivity contribution in [3.63, 3.8) is 0 Å². The molecule has 0 fully saturated rings. The van der Waals surface area contributed by atoms with Crippen molar-refractivity contribution in [2.45, 2.75) is 13.8 Å². The number of hydrogen-bond acceptors (Lipinski definition) is 4. The standard InChI is InChI=1S/C8H17O4PS/c1-4-7-12-14(10,11)8-13(9,5-2)6-3/h4H,1,5-8H2,2-3H3. The molecule has 4 nitrogen and oxygen atoms in total. The van der Waals surface area contributed by atoms with Crippen LogP contribution in [0.1, 0.15) is 13.8 Å². The van der Waals surface area contributed by atoms with Crippen LogP contribution in [0, 0.1) is 0 Å².